The average molecular weight is 534 g/mol. The molecule has 4 N–H and O–H groups in total. The molecule has 2 aliphatic rings. The second kappa shape index (κ2) is 10.4. The van der Waals surface area contributed by atoms with E-state index in [2.05, 4.69) is 15.3 Å². The smallest absolute Gasteiger partial charge is 0.227 e. The van der Waals surface area contributed by atoms with E-state index in [1.165, 1.54) is 0 Å². The lowest BCUT2D eigenvalue weighted by Crippen LogP contribution is -2.44. The Kier molecular flexibility index (Phi) is 7.17. The number of halogens is 3. The summed E-state index contributed by atoms with van der Waals surface area (Å²) in [5, 5.41) is 13.3. The molecule has 12 heteroatoms. The molecule has 2 heterocycles. The summed E-state index contributed by atoms with van der Waals surface area (Å²) < 4.78 is 31.1. The number of fused-ring (bicyclic) bond motifs is 1. The number of primary amides is 1. The van der Waals surface area contributed by atoms with Gasteiger partial charge >= 0.3 is 0 Å². The number of nitrogens with zero attached hydrogens (tertiary/aromatic N) is 5. The van der Waals surface area contributed by atoms with E-state index in [4.69, 9.17) is 22.3 Å². The third-order valence-electron chi connectivity index (χ3n) is 7.63. The second-order valence-electron chi connectivity index (χ2n) is 9.99. The van der Waals surface area contributed by atoms with Crippen molar-refractivity contribution in [2.75, 3.05) is 17.3 Å². The summed E-state index contributed by atoms with van der Waals surface area (Å²) in [4.78, 5) is 27.5. The highest BCUT2D eigenvalue weighted by molar-refractivity contribution is 6.30. The van der Waals surface area contributed by atoms with Gasteiger partial charge in [-0.2, -0.15) is 4.98 Å². The minimum Gasteiger partial charge on any atom is -0.391 e. The van der Waals surface area contributed by atoms with Crippen LogP contribution >= 0.6 is 11.6 Å². The zero-order valence-corrected chi connectivity index (χ0v) is 21.3. The van der Waals surface area contributed by atoms with Gasteiger partial charge in [-0.1, -0.05) is 24.4 Å². The number of amides is 1. The number of aromatic nitrogens is 4. The summed E-state index contributed by atoms with van der Waals surface area (Å²) in [5.41, 5.74) is 6.11. The number of hydrogen-bond acceptors (Lipinski definition) is 7. The van der Waals surface area contributed by atoms with Crippen molar-refractivity contribution in [1.82, 2.24) is 19.5 Å². The number of hydrogen-bond donors (Lipinski definition) is 3. The number of likely N-dealkylation sites (N-methyl/N-ethyl adjacent to an activating group) is 1. The first-order chi connectivity index (χ1) is 17.7. The molecule has 9 nitrogen and oxygen atoms in total. The molecule has 1 amide bonds. The van der Waals surface area contributed by atoms with Gasteiger partial charge in [0, 0.05) is 24.0 Å². The van der Waals surface area contributed by atoms with Crippen LogP contribution in [0.5, 0.6) is 0 Å². The molecule has 0 radical (unpaired) electrons. The van der Waals surface area contributed by atoms with Gasteiger partial charge in [-0.25, -0.2) is 18.7 Å². The van der Waals surface area contributed by atoms with Crippen molar-refractivity contribution in [2.24, 2.45) is 11.7 Å². The van der Waals surface area contributed by atoms with Crippen molar-refractivity contribution in [3.05, 3.63) is 35.0 Å². The van der Waals surface area contributed by atoms with Crippen molar-refractivity contribution in [2.45, 2.75) is 69.6 Å². The zero-order chi connectivity index (χ0) is 26.3. The lowest BCUT2D eigenvalue weighted by molar-refractivity contribution is -0.122. The van der Waals surface area contributed by atoms with Gasteiger partial charge in [-0.15, -0.1) is 0 Å². The van der Waals surface area contributed by atoms with E-state index in [0.717, 1.165) is 37.8 Å². The summed E-state index contributed by atoms with van der Waals surface area (Å²) >= 11 is 5.80. The standard InChI is InChI=1S/C25H30ClF2N7O2/c1-34(19-4-2-3-5-20(19)36)24-30-12-18-23(33-24)35(15-8-6-13(7-9-15)22(29)37)25(31-18)32-21-16(27)10-14(26)11-17(21)28/h10-13,15,19-20,36H,2-9H2,1H3,(H2,29,37)(H,31,32)/t13-,15-,19-,20+/m0/s1. The van der Waals surface area contributed by atoms with Gasteiger partial charge in [0.15, 0.2) is 17.3 Å². The van der Waals surface area contributed by atoms with Crippen LogP contribution in [0.15, 0.2) is 18.3 Å². The Balaban J connectivity index is 1.56. The van der Waals surface area contributed by atoms with Crippen LogP contribution in [0.25, 0.3) is 11.2 Å². The van der Waals surface area contributed by atoms with E-state index in [1.54, 1.807) is 6.20 Å². The van der Waals surface area contributed by atoms with Crippen LogP contribution in [-0.4, -0.2) is 49.7 Å². The first-order valence-corrected chi connectivity index (χ1v) is 13.0. The molecule has 37 heavy (non-hydrogen) atoms. The van der Waals surface area contributed by atoms with Crippen molar-refractivity contribution < 1.29 is 18.7 Å². The normalized spacial score (nSPS) is 24.2. The number of rotatable bonds is 6. The minimum absolute atomic E-state index is 0.0535. The van der Waals surface area contributed by atoms with Crippen molar-refractivity contribution in [1.29, 1.82) is 0 Å². The van der Waals surface area contributed by atoms with E-state index in [0.29, 0.717) is 42.8 Å². The number of carbonyl (C=O) groups is 1. The maximum absolute atomic E-state index is 14.6. The number of imidazole rings is 1. The monoisotopic (exact) mass is 533 g/mol. The number of anilines is 3. The van der Waals surface area contributed by atoms with Crippen LogP contribution in [0.3, 0.4) is 0 Å². The van der Waals surface area contributed by atoms with Crippen LogP contribution in [-0.2, 0) is 4.79 Å². The Hall–Kier alpha value is -3.05. The minimum atomic E-state index is -0.848. The van der Waals surface area contributed by atoms with E-state index >= 15 is 0 Å². The quantitative estimate of drug-likeness (QED) is 0.427. The molecule has 198 valence electrons. The molecule has 2 aliphatic carbocycles. The fraction of sp³-hybridized carbons (Fsp3) is 0.520. The molecule has 2 fully saturated rings. The Bertz CT molecular complexity index is 1290. The Morgan fingerprint density at radius 1 is 1.14 bits per heavy atom. The van der Waals surface area contributed by atoms with E-state index in [9.17, 15) is 18.7 Å². The summed E-state index contributed by atoms with van der Waals surface area (Å²) in [5.74, 6) is -1.59. The van der Waals surface area contributed by atoms with Crippen LogP contribution < -0.4 is 16.0 Å². The van der Waals surface area contributed by atoms with Crippen molar-refractivity contribution in [3.8, 4) is 0 Å². The number of carbonyl (C=O) groups excluding carboxylic acids is 1. The first kappa shape index (κ1) is 25.6. The number of nitrogens with two attached hydrogens (primary N) is 1. The molecule has 0 saturated heterocycles. The van der Waals surface area contributed by atoms with Crippen LogP contribution in [0.2, 0.25) is 5.02 Å². The lowest BCUT2D eigenvalue weighted by Gasteiger charge is -2.35. The third-order valence-corrected chi connectivity index (χ3v) is 7.85. The first-order valence-electron chi connectivity index (χ1n) is 12.6. The molecule has 2 atom stereocenters. The Morgan fingerprint density at radius 2 is 1.81 bits per heavy atom. The second-order valence-corrected chi connectivity index (χ2v) is 10.4. The number of aliphatic hydroxyl groups excluding tert-OH is 1. The fourth-order valence-corrected chi connectivity index (χ4v) is 5.76. The summed E-state index contributed by atoms with van der Waals surface area (Å²) in [6, 6.07) is 1.82. The van der Waals surface area contributed by atoms with Gasteiger partial charge in [0.25, 0.3) is 0 Å². The van der Waals surface area contributed by atoms with Crippen molar-refractivity contribution >= 4 is 46.3 Å². The Morgan fingerprint density at radius 3 is 2.46 bits per heavy atom. The molecule has 0 spiro atoms. The largest absolute Gasteiger partial charge is 0.391 e. The molecule has 2 saturated carbocycles. The SMILES string of the molecule is CN(c1ncc2nc(Nc3c(F)cc(Cl)cc3F)n([C@H]3CC[C@H](C(N)=O)CC3)c2n1)[C@H]1CCCC[C@H]1O. The molecular formula is C25H30ClF2N7O2. The van der Waals surface area contributed by atoms with Crippen LogP contribution in [0, 0.1) is 17.6 Å². The van der Waals surface area contributed by atoms with Gasteiger partial charge in [0.2, 0.25) is 17.8 Å². The molecule has 2 aromatic heterocycles. The van der Waals surface area contributed by atoms with E-state index in [-0.39, 0.29) is 40.6 Å². The molecule has 1 aromatic carbocycles. The third kappa shape index (κ3) is 5.06. The highest BCUT2D eigenvalue weighted by atomic mass is 35.5. The zero-order valence-electron chi connectivity index (χ0n) is 20.5. The fourth-order valence-electron chi connectivity index (χ4n) is 5.57. The summed E-state index contributed by atoms with van der Waals surface area (Å²) in [7, 11) is 1.86. The summed E-state index contributed by atoms with van der Waals surface area (Å²) in [6.07, 6.45) is 7.09. The van der Waals surface area contributed by atoms with Gasteiger partial charge in [-0.3, -0.25) is 9.36 Å². The average Bonchev–Trinajstić information content (AvgIpc) is 3.23. The molecule has 0 bridgehead atoms. The highest BCUT2D eigenvalue weighted by Gasteiger charge is 2.31. The predicted octanol–water partition coefficient (Wildman–Crippen LogP) is 4.46. The van der Waals surface area contributed by atoms with E-state index in [1.807, 2.05) is 16.5 Å². The number of aliphatic hydroxyl groups is 1. The van der Waals surface area contributed by atoms with Gasteiger partial charge in [0.05, 0.1) is 18.3 Å². The highest BCUT2D eigenvalue weighted by Crippen LogP contribution is 2.38. The van der Waals surface area contributed by atoms with Crippen LogP contribution in [0.1, 0.15) is 57.4 Å². The van der Waals surface area contributed by atoms with Crippen molar-refractivity contribution in [3.63, 3.8) is 0 Å². The van der Waals surface area contributed by atoms with Gasteiger partial charge < -0.3 is 21.1 Å². The molecule has 5 rings (SSSR count). The molecular weight excluding hydrogens is 504 g/mol. The van der Waals surface area contributed by atoms with Gasteiger partial charge in [-0.05, 0) is 50.7 Å². The number of nitrogens with one attached hydrogen (secondary N) is 1. The number of benzene rings is 1. The maximum Gasteiger partial charge on any atom is 0.227 e. The maximum atomic E-state index is 14.6. The topological polar surface area (TPSA) is 122 Å². The van der Waals surface area contributed by atoms with Gasteiger partial charge in [0.1, 0.15) is 11.2 Å². The van der Waals surface area contributed by atoms with Crippen LogP contribution in [0.4, 0.5) is 26.4 Å². The molecule has 3 aromatic rings. The molecule has 0 aliphatic heterocycles. The van der Waals surface area contributed by atoms with E-state index < -0.39 is 17.7 Å². The Labute approximate surface area is 218 Å². The predicted molar refractivity (Wildman–Crippen MR) is 137 cm³/mol. The lowest BCUT2D eigenvalue weighted by atomic mass is 9.85. The molecule has 0 unspecified atom stereocenters. The summed E-state index contributed by atoms with van der Waals surface area (Å²) in [6.45, 7) is 0.